The zero-order valence-electron chi connectivity index (χ0n) is 34.8. The van der Waals surface area contributed by atoms with E-state index in [9.17, 15) is 29.1 Å². The van der Waals surface area contributed by atoms with Gasteiger partial charge in [-0.3, -0.25) is 29.3 Å². The minimum Gasteiger partial charge on any atom is -0.508 e. The predicted octanol–water partition coefficient (Wildman–Crippen LogP) is 4.73. The molecule has 3 aliphatic rings. The Hall–Kier alpha value is -6.59. The molecule has 2 fully saturated rings. The number of nitrogens with one attached hydrogen (secondary N) is 2. The number of imide groups is 1. The zero-order chi connectivity index (χ0) is 44.4. The van der Waals surface area contributed by atoms with Crippen LogP contribution < -0.4 is 20.3 Å². The van der Waals surface area contributed by atoms with Crippen LogP contribution in [0.4, 0.5) is 16.2 Å². The third kappa shape index (κ3) is 9.15. The lowest BCUT2D eigenvalue weighted by Gasteiger charge is -2.35. The van der Waals surface area contributed by atoms with Gasteiger partial charge in [0.2, 0.25) is 29.6 Å². The monoisotopic (exact) mass is 880 g/mol. The van der Waals surface area contributed by atoms with Gasteiger partial charge < -0.3 is 39.5 Å². The summed E-state index contributed by atoms with van der Waals surface area (Å²) in [7, 11) is 1.68. The molecular formula is C45H46ClFN8O8. The number of halogens is 2. The standard InChI is InChI=1S/C45H46ClFN8O8/c1-26(56)53-13-15-54(16-14-53)42-34-24-35(47)39(33-23-29(57)21-27-5-3-4-6-31(27)33)40(46)41(34)50-45(51-42)48-12-11-38(59)52(2)17-18-62-19-20-63-30-7-8-32-28(22-30)25-55(44(32)61)36-9-10-37(58)49-43(36)60/h3-8,21-24,36,57H,9-20,25H2,1-2H3,(H,48,50,51)(H,49,58,60). The van der Waals surface area contributed by atoms with E-state index in [2.05, 4.69) is 10.6 Å². The van der Waals surface area contributed by atoms with Crippen LogP contribution in [0.5, 0.6) is 11.5 Å². The highest BCUT2D eigenvalue weighted by Crippen LogP contribution is 2.43. The van der Waals surface area contributed by atoms with Crippen molar-refractivity contribution in [1.29, 1.82) is 0 Å². The van der Waals surface area contributed by atoms with Gasteiger partial charge in [0.15, 0.2) is 0 Å². The summed E-state index contributed by atoms with van der Waals surface area (Å²) in [5.74, 6) is -0.724. The molecule has 16 nitrogen and oxygen atoms in total. The molecule has 0 bridgehead atoms. The van der Waals surface area contributed by atoms with Gasteiger partial charge in [-0.2, -0.15) is 4.98 Å². The number of ether oxygens (including phenoxy) is 2. The number of carbonyl (C=O) groups is 5. The highest BCUT2D eigenvalue weighted by atomic mass is 35.5. The lowest BCUT2D eigenvalue weighted by atomic mass is 9.96. The van der Waals surface area contributed by atoms with Crippen LogP contribution in [0.25, 0.3) is 32.8 Å². The van der Waals surface area contributed by atoms with Crippen LogP contribution in [0.3, 0.4) is 0 Å². The summed E-state index contributed by atoms with van der Waals surface area (Å²) in [4.78, 5) is 78.3. The second-order valence-electron chi connectivity index (χ2n) is 15.7. The first-order valence-corrected chi connectivity index (χ1v) is 21.1. The Bertz CT molecular complexity index is 2640. The molecule has 63 heavy (non-hydrogen) atoms. The Morgan fingerprint density at radius 2 is 1.78 bits per heavy atom. The molecule has 0 saturated carbocycles. The fourth-order valence-corrected chi connectivity index (χ4v) is 8.58. The molecule has 1 unspecified atom stereocenters. The molecule has 3 N–H and O–H groups in total. The lowest BCUT2D eigenvalue weighted by molar-refractivity contribution is -0.137. The van der Waals surface area contributed by atoms with Crippen LogP contribution in [-0.4, -0.2) is 131 Å². The van der Waals surface area contributed by atoms with E-state index in [1.165, 1.54) is 24.0 Å². The highest BCUT2D eigenvalue weighted by Gasteiger charge is 2.39. The van der Waals surface area contributed by atoms with Crippen LogP contribution in [0.2, 0.25) is 5.02 Å². The van der Waals surface area contributed by atoms with Crippen LogP contribution in [0.15, 0.2) is 60.7 Å². The molecule has 328 valence electrons. The number of rotatable bonds is 14. The van der Waals surface area contributed by atoms with Gasteiger partial charge in [0, 0.05) is 89.1 Å². The molecule has 3 aliphatic heterocycles. The Kier molecular flexibility index (Phi) is 12.6. The van der Waals surface area contributed by atoms with Crippen molar-refractivity contribution in [2.24, 2.45) is 0 Å². The summed E-state index contributed by atoms with van der Waals surface area (Å²) in [6.07, 6.45) is 0.576. The number of likely N-dealkylation sites (N-methyl/N-ethyl adjacent to an activating group) is 1. The van der Waals surface area contributed by atoms with Gasteiger partial charge in [0.05, 0.1) is 23.8 Å². The number of phenolic OH excluding ortho intramolecular Hbond substituents is 1. The van der Waals surface area contributed by atoms with Crippen LogP contribution in [0.1, 0.15) is 42.1 Å². The van der Waals surface area contributed by atoms with Crippen molar-refractivity contribution in [3.8, 4) is 22.6 Å². The summed E-state index contributed by atoms with van der Waals surface area (Å²) in [6, 6.07) is 16.2. The number of piperidine rings is 1. The number of amides is 5. The maximum atomic E-state index is 16.3. The third-order valence-electron chi connectivity index (χ3n) is 11.6. The molecule has 2 saturated heterocycles. The number of hydrogen-bond donors (Lipinski definition) is 3. The normalized spacial score (nSPS) is 16.4. The average Bonchev–Trinajstić information content (AvgIpc) is 3.59. The Balaban J connectivity index is 0.867. The molecule has 5 amide bonds. The van der Waals surface area contributed by atoms with Crippen LogP contribution in [0, 0.1) is 5.82 Å². The number of fused-ring (bicyclic) bond motifs is 3. The number of aromatic nitrogens is 2. The molecule has 1 aromatic heterocycles. The highest BCUT2D eigenvalue weighted by molar-refractivity contribution is 6.38. The topological polar surface area (TPSA) is 187 Å². The van der Waals surface area contributed by atoms with Gasteiger partial charge in [-0.15, -0.1) is 0 Å². The van der Waals surface area contributed by atoms with Crippen molar-refractivity contribution >= 4 is 74.6 Å². The SMILES string of the molecule is CC(=O)N1CCN(c2nc(NCCC(=O)N(C)CCOCCOc3ccc4c(c3)CN(C3CCC(=O)NC3=O)C4=O)nc3c(Cl)c(-c4cc(O)cc5ccccc45)c(F)cc23)CC1. The fourth-order valence-electron chi connectivity index (χ4n) is 8.24. The van der Waals surface area contributed by atoms with Crippen molar-refractivity contribution in [1.82, 2.24) is 30.0 Å². The zero-order valence-corrected chi connectivity index (χ0v) is 35.5. The minimum atomic E-state index is -0.691. The summed E-state index contributed by atoms with van der Waals surface area (Å²) in [5.41, 5.74) is 2.01. The lowest BCUT2D eigenvalue weighted by Crippen LogP contribution is -2.52. The second kappa shape index (κ2) is 18.4. The number of aromatic hydroxyl groups is 1. The van der Waals surface area contributed by atoms with E-state index in [1.54, 1.807) is 41.1 Å². The van der Waals surface area contributed by atoms with Crippen molar-refractivity contribution in [2.45, 2.75) is 38.8 Å². The van der Waals surface area contributed by atoms with E-state index in [4.69, 9.17) is 31.0 Å². The molecule has 4 aromatic carbocycles. The third-order valence-corrected chi connectivity index (χ3v) is 12.0. The predicted molar refractivity (Wildman–Crippen MR) is 233 cm³/mol. The number of hydrogen-bond acceptors (Lipinski definition) is 12. The van der Waals surface area contributed by atoms with Crippen molar-refractivity contribution in [3.05, 3.63) is 82.6 Å². The van der Waals surface area contributed by atoms with E-state index < -0.39 is 17.8 Å². The number of benzene rings is 4. The van der Waals surface area contributed by atoms with Gasteiger partial charge in [-0.1, -0.05) is 35.9 Å². The largest absolute Gasteiger partial charge is 0.508 e. The molecular weight excluding hydrogens is 835 g/mol. The number of anilines is 2. The van der Waals surface area contributed by atoms with Gasteiger partial charge in [-0.25, -0.2) is 9.37 Å². The molecule has 0 spiro atoms. The van der Waals surface area contributed by atoms with Gasteiger partial charge in [0.1, 0.15) is 35.8 Å². The maximum Gasteiger partial charge on any atom is 0.255 e. The van der Waals surface area contributed by atoms with Crippen molar-refractivity contribution in [2.75, 3.05) is 76.4 Å². The molecule has 18 heteroatoms. The van der Waals surface area contributed by atoms with Gasteiger partial charge in [-0.05, 0) is 64.7 Å². The van der Waals surface area contributed by atoms with Crippen LogP contribution in [-0.2, 0) is 30.5 Å². The molecule has 0 radical (unpaired) electrons. The Labute approximate surface area is 366 Å². The van der Waals surface area contributed by atoms with Gasteiger partial charge >= 0.3 is 0 Å². The van der Waals surface area contributed by atoms with Gasteiger partial charge in [0.25, 0.3) is 5.91 Å². The average molecular weight is 881 g/mol. The van der Waals surface area contributed by atoms with E-state index in [0.717, 1.165) is 5.56 Å². The van der Waals surface area contributed by atoms with Crippen LogP contribution >= 0.6 is 11.6 Å². The fraction of sp³-hybridized carbons (Fsp3) is 0.356. The Morgan fingerprint density at radius 3 is 2.56 bits per heavy atom. The second-order valence-corrected chi connectivity index (χ2v) is 16.1. The summed E-state index contributed by atoms with van der Waals surface area (Å²) in [5, 5.41) is 17.9. The summed E-state index contributed by atoms with van der Waals surface area (Å²) < 4.78 is 27.8. The number of phenols is 1. The quantitative estimate of drug-likeness (QED) is 0.103. The van der Waals surface area contributed by atoms with E-state index in [0.29, 0.717) is 71.6 Å². The molecule has 5 aromatic rings. The first-order chi connectivity index (χ1) is 30.4. The van der Waals surface area contributed by atoms with E-state index in [1.807, 2.05) is 29.2 Å². The number of carbonyl (C=O) groups excluding carboxylic acids is 5. The number of piperazine rings is 1. The molecule has 8 rings (SSSR count). The molecule has 4 heterocycles. The molecule has 1 atom stereocenters. The van der Waals surface area contributed by atoms with E-state index in [-0.39, 0.29) is 104 Å². The first kappa shape index (κ1) is 43.1. The van der Waals surface area contributed by atoms with Crippen molar-refractivity contribution < 1.29 is 42.9 Å². The smallest absolute Gasteiger partial charge is 0.255 e. The number of nitrogens with zero attached hydrogens (tertiary/aromatic N) is 6. The molecule has 0 aliphatic carbocycles. The first-order valence-electron chi connectivity index (χ1n) is 20.7. The van der Waals surface area contributed by atoms with E-state index >= 15 is 4.39 Å². The van der Waals surface area contributed by atoms with Crippen molar-refractivity contribution in [3.63, 3.8) is 0 Å². The maximum absolute atomic E-state index is 16.3. The minimum absolute atomic E-state index is 0.0353. The Morgan fingerprint density at radius 1 is 0.984 bits per heavy atom. The summed E-state index contributed by atoms with van der Waals surface area (Å²) in [6.45, 7) is 4.83. The summed E-state index contributed by atoms with van der Waals surface area (Å²) >= 11 is 7.06.